The zero-order valence-corrected chi connectivity index (χ0v) is 21.8. The summed E-state index contributed by atoms with van der Waals surface area (Å²) in [4.78, 5) is 29.1. The number of carbonyl (C=O) groups is 2. The van der Waals surface area contributed by atoms with Gasteiger partial charge in [-0.15, -0.1) is 0 Å². The minimum absolute atomic E-state index is 0.00253. The van der Waals surface area contributed by atoms with Gasteiger partial charge in [-0.25, -0.2) is 8.78 Å². The predicted molar refractivity (Wildman–Crippen MR) is 142 cm³/mol. The maximum absolute atomic E-state index is 14.2. The first kappa shape index (κ1) is 27.8. The molecule has 0 saturated carbocycles. The number of benzene rings is 3. The smallest absolute Gasteiger partial charge is 0.263 e. The quantitative estimate of drug-likeness (QED) is 0.269. The summed E-state index contributed by atoms with van der Waals surface area (Å²) in [6, 6.07) is 14.4. The van der Waals surface area contributed by atoms with Crippen LogP contribution in [0.4, 0.5) is 28.9 Å². The van der Waals surface area contributed by atoms with Crippen molar-refractivity contribution in [1.29, 1.82) is 0 Å². The Balaban J connectivity index is 1.34. The predicted octanol–water partition coefficient (Wildman–Crippen LogP) is 4.65. The summed E-state index contributed by atoms with van der Waals surface area (Å²) in [5.74, 6) is -10.2. The lowest BCUT2D eigenvalue weighted by Crippen LogP contribution is -2.48. The van der Waals surface area contributed by atoms with E-state index in [0.29, 0.717) is 37.4 Å². The summed E-state index contributed by atoms with van der Waals surface area (Å²) in [6.45, 7) is 4.29. The number of amides is 2. The highest BCUT2D eigenvalue weighted by atomic mass is 32.1. The number of halogens is 4. The topological polar surface area (TPSA) is 73.9 Å². The molecule has 0 aromatic heterocycles. The Morgan fingerprint density at radius 3 is 2.03 bits per heavy atom. The third-order valence-electron chi connectivity index (χ3n) is 6.31. The van der Waals surface area contributed by atoms with Crippen LogP contribution in [-0.2, 0) is 0 Å². The average molecular weight is 561 g/mol. The van der Waals surface area contributed by atoms with Gasteiger partial charge < -0.3 is 19.9 Å². The van der Waals surface area contributed by atoms with Gasteiger partial charge in [0.2, 0.25) is 11.6 Å². The van der Waals surface area contributed by atoms with Crippen LogP contribution < -0.4 is 20.3 Å². The van der Waals surface area contributed by atoms with Crippen LogP contribution in [0.2, 0.25) is 0 Å². The fraction of sp³-hybridized carbons (Fsp3) is 0.222. The van der Waals surface area contributed by atoms with Gasteiger partial charge in [0, 0.05) is 43.1 Å². The number of aryl methyl sites for hydroxylation is 1. The maximum Gasteiger partial charge on any atom is 0.263 e. The van der Waals surface area contributed by atoms with E-state index in [1.54, 1.807) is 24.3 Å². The van der Waals surface area contributed by atoms with Gasteiger partial charge in [-0.1, -0.05) is 18.2 Å². The highest BCUT2D eigenvalue weighted by Crippen LogP contribution is 2.29. The lowest BCUT2D eigenvalue weighted by molar-refractivity contribution is 0.0745. The summed E-state index contributed by atoms with van der Waals surface area (Å²) in [7, 11) is 0.831. The van der Waals surface area contributed by atoms with Crippen LogP contribution in [0.1, 0.15) is 26.3 Å². The van der Waals surface area contributed by atoms with Crippen molar-refractivity contribution in [3.8, 4) is 5.75 Å². The average Bonchev–Trinajstić information content (AvgIpc) is 2.93. The Labute approximate surface area is 227 Å². The number of hydrogen-bond acceptors (Lipinski definition) is 5. The molecule has 0 spiro atoms. The van der Waals surface area contributed by atoms with Crippen LogP contribution in [0, 0.1) is 30.2 Å². The summed E-state index contributed by atoms with van der Waals surface area (Å²) in [5.41, 5.74) is 1.50. The van der Waals surface area contributed by atoms with Gasteiger partial charge in [0.15, 0.2) is 22.5 Å². The molecule has 7 nitrogen and oxygen atoms in total. The fourth-order valence-corrected chi connectivity index (χ4v) is 4.44. The van der Waals surface area contributed by atoms with Crippen LogP contribution in [0.15, 0.2) is 48.5 Å². The van der Waals surface area contributed by atoms with Gasteiger partial charge in [0.05, 0.1) is 7.11 Å². The van der Waals surface area contributed by atoms with Crippen LogP contribution >= 0.6 is 12.2 Å². The third kappa shape index (κ3) is 5.80. The minimum Gasteiger partial charge on any atom is -0.491 e. The molecule has 204 valence electrons. The van der Waals surface area contributed by atoms with E-state index in [0.717, 1.165) is 18.4 Å². The number of nitrogens with zero attached hydrogens (tertiary/aromatic N) is 2. The number of rotatable bonds is 5. The van der Waals surface area contributed by atoms with E-state index in [2.05, 4.69) is 15.0 Å². The molecule has 1 saturated heterocycles. The van der Waals surface area contributed by atoms with Crippen molar-refractivity contribution in [2.75, 3.05) is 43.5 Å². The number of piperazine rings is 1. The number of ether oxygens (including phenoxy) is 1. The number of anilines is 2. The van der Waals surface area contributed by atoms with Crippen molar-refractivity contribution >= 4 is 40.5 Å². The maximum atomic E-state index is 14.2. The van der Waals surface area contributed by atoms with Gasteiger partial charge >= 0.3 is 0 Å². The summed E-state index contributed by atoms with van der Waals surface area (Å²) < 4.78 is 60.6. The largest absolute Gasteiger partial charge is 0.491 e. The highest BCUT2D eigenvalue weighted by molar-refractivity contribution is 7.80. The molecular weight excluding hydrogens is 536 g/mol. The molecule has 0 radical (unpaired) electrons. The van der Waals surface area contributed by atoms with E-state index < -0.39 is 40.5 Å². The number of nitrogens with one attached hydrogen (secondary N) is 2. The Hall–Kier alpha value is -4.19. The lowest BCUT2D eigenvalue weighted by atomic mass is 10.1. The molecule has 0 bridgehead atoms. The van der Waals surface area contributed by atoms with E-state index >= 15 is 0 Å². The van der Waals surface area contributed by atoms with Crippen molar-refractivity contribution < 1.29 is 31.9 Å². The van der Waals surface area contributed by atoms with E-state index in [-0.39, 0.29) is 11.0 Å². The van der Waals surface area contributed by atoms with Gasteiger partial charge in [-0.05, 0) is 55.0 Å². The Morgan fingerprint density at radius 1 is 0.872 bits per heavy atom. The number of carbonyl (C=O) groups excluding carboxylic acids is 2. The SMILES string of the molecule is COc1c(F)c(F)c(C(=O)NC(=S)Nc2ccc(N3CCN(C(=O)c4ccccc4C)CC3)cc2)c(F)c1F. The van der Waals surface area contributed by atoms with Crippen LogP contribution in [-0.4, -0.2) is 55.1 Å². The second-order valence-corrected chi connectivity index (χ2v) is 9.12. The Kier molecular flexibility index (Phi) is 8.34. The van der Waals surface area contributed by atoms with Crippen LogP contribution in [0.3, 0.4) is 0 Å². The number of thiocarbonyl (C=S) groups is 1. The fourth-order valence-electron chi connectivity index (χ4n) is 4.22. The Morgan fingerprint density at radius 2 is 1.46 bits per heavy atom. The molecule has 39 heavy (non-hydrogen) atoms. The highest BCUT2D eigenvalue weighted by Gasteiger charge is 2.30. The molecule has 2 N–H and O–H groups in total. The van der Waals surface area contributed by atoms with Crippen molar-refractivity contribution in [3.05, 3.63) is 88.5 Å². The molecule has 3 aromatic rings. The zero-order chi connectivity index (χ0) is 28.3. The van der Waals surface area contributed by atoms with E-state index in [4.69, 9.17) is 12.2 Å². The molecule has 3 aromatic carbocycles. The first-order valence-electron chi connectivity index (χ1n) is 11.8. The lowest BCUT2D eigenvalue weighted by Gasteiger charge is -2.36. The monoisotopic (exact) mass is 560 g/mol. The first-order valence-corrected chi connectivity index (χ1v) is 12.2. The molecular formula is C27H24F4N4O3S. The molecule has 0 aliphatic carbocycles. The van der Waals surface area contributed by atoms with Crippen molar-refractivity contribution in [3.63, 3.8) is 0 Å². The van der Waals surface area contributed by atoms with Crippen LogP contribution in [0.5, 0.6) is 5.75 Å². The zero-order valence-electron chi connectivity index (χ0n) is 21.0. The standard InChI is InChI=1S/C27H24F4N4O3S/c1-15-5-3-4-6-18(15)26(37)35-13-11-34(12-14-35)17-9-7-16(8-10-17)32-27(39)33-25(36)19-20(28)22(30)24(38-2)23(31)21(19)29/h3-10H,11-14H2,1-2H3,(H2,32,33,36,39). The molecule has 12 heteroatoms. The summed E-state index contributed by atoms with van der Waals surface area (Å²) in [6.07, 6.45) is 0. The van der Waals surface area contributed by atoms with Gasteiger partial charge in [-0.3, -0.25) is 14.9 Å². The van der Waals surface area contributed by atoms with Gasteiger partial charge in [-0.2, -0.15) is 8.78 Å². The number of methoxy groups -OCH3 is 1. The Bertz CT molecular complexity index is 1400. The molecule has 4 rings (SSSR count). The molecule has 1 aliphatic heterocycles. The third-order valence-corrected chi connectivity index (χ3v) is 6.52. The van der Waals surface area contributed by atoms with Gasteiger partial charge in [0.25, 0.3) is 11.8 Å². The van der Waals surface area contributed by atoms with Crippen molar-refractivity contribution in [2.24, 2.45) is 0 Å². The molecule has 0 atom stereocenters. The molecule has 1 heterocycles. The normalized spacial score (nSPS) is 13.2. The molecule has 0 unspecified atom stereocenters. The molecule has 1 aliphatic rings. The van der Waals surface area contributed by atoms with Crippen molar-refractivity contribution in [2.45, 2.75) is 6.92 Å². The van der Waals surface area contributed by atoms with Crippen molar-refractivity contribution in [1.82, 2.24) is 10.2 Å². The number of hydrogen-bond donors (Lipinski definition) is 2. The first-order chi connectivity index (χ1) is 18.6. The minimum atomic E-state index is -1.91. The van der Waals surface area contributed by atoms with E-state index in [1.807, 2.05) is 41.4 Å². The summed E-state index contributed by atoms with van der Waals surface area (Å²) >= 11 is 5.01. The van der Waals surface area contributed by atoms with Crippen LogP contribution in [0.25, 0.3) is 0 Å². The second kappa shape index (κ2) is 11.7. The second-order valence-electron chi connectivity index (χ2n) is 8.71. The molecule has 1 fully saturated rings. The summed E-state index contributed by atoms with van der Waals surface area (Å²) in [5, 5.41) is 4.35. The van der Waals surface area contributed by atoms with Gasteiger partial charge in [0.1, 0.15) is 5.56 Å². The van der Waals surface area contributed by atoms with E-state index in [1.165, 1.54) is 0 Å². The molecule has 2 amide bonds. The van der Waals surface area contributed by atoms with E-state index in [9.17, 15) is 27.2 Å².